The number of hydrogen-bond acceptors (Lipinski definition) is 8. The summed E-state index contributed by atoms with van der Waals surface area (Å²) >= 11 is 0. The molecule has 1 aromatic carbocycles. The number of anilines is 3. The Kier molecular flexibility index (Phi) is 5.49. The van der Waals surface area contributed by atoms with E-state index in [2.05, 4.69) is 49.2 Å². The van der Waals surface area contributed by atoms with Gasteiger partial charge < -0.3 is 26.7 Å². The summed E-state index contributed by atoms with van der Waals surface area (Å²) < 4.78 is 2.07. The van der Waals surface area contributed by atoms with Crippen molar-refractivity contribution in [1.82, 2.24) is 24.7 Å². The van der Waals surface area contributed by atoms with Gasteiger partial charge in [0.1, 0.15) is 5.52 Å². The van der Waals surface area contributed by atoms with Crippen LogP contribution in [0.25, 0.3) is 11.0 Å². The fourth-order valence-electron chi connectivity index (χ4n) is 3.84. The van der Waals surface area contributed by atoms with E-state index in [4.69, 9.17) is 11.5 Å². The number of aromatic nitrogens is 5. The SMILES string of the molecule is CC(C)n1cnc2c(Nc3nc(N[C@@H]4CCCC[C@@H]4N)nnc3C(N)=O)cccc21. The number of para-hydroxylation sites is 1. The molecule has 0 unspecified atom stereocenters. The highest BCUT2D eigenvalue weighted by atomic mass is 16.1. The molecule has 2 aromatic heterocycles. The monoisotopic (exact) mass is 409 g/mol. The van der Waals surface area contributed by atoms with Crippen molar-refractivity contribution in [3.05, 3.63) is 30.2 Å². The lowest BCUT2D eigenvalue weighted by Crippen LogP contribution is -2.43. The van der Waals surface area contributed by atoms with Gasteiger partial charge in [0.05, 0.1) is 17.5 Å². The molecule has 1 aliphatic carbocycles. The van der Waals surface area contributed by atoms with Gasteiger partial charge in [-0.15, -0.1) is 10.2 Å². The molecule has 30 heavy (non-hydrogen) atoms. The van der Waals surface area contributed by atoms with Crippen LogP contribution in [0.4, 0.5) is 17.5 Å². The number of carbonyl (C=O) groups is 1. The van der Waals surface area contributed by atoms with E-state index in [1.165, 1.54) is 0 Å². The largest absolute Gasteiger partial charge is 0.364 e. The van der Waals surface area contributed by atoms with Gasteiger partial charge in [0.2, 0.25) is 5.95 Å². The highest BCUT2D eigenvalue weighted by Crippen LogP contribution is 2.28. The van der Waals surface area contributed by atoms with Gasteiger partial charge in [0.25, 0.3) is 5.91 Å². The summed E-state index contributed by atoms with van der Waals surface area (Å²) in [5, 5.41) is 14.5. The van der Waals surface area contributed by atoms with Gasteiger partial charge in [-0.05, 0) is 38.8 Å². The molecule has 0 spiro atoms. The number of nitrogens with one attached hydrogen (secondary N) is 2. The van der Waals surface area contributed by atoms with Crippen LogP contribution in [-0.4, -0.2) is 42.7 Å². The second-order valence-electron chi connectivity index (χ2n) is 7.94. The first-order valence-electron chi connectivity index (χ1n) is 10.2. The molecule has 1 fully saturated rings. The summed E-state index contributed by atoms with van der Waals surface area (Å²) in [6, 6.07) is 6.16. The van der Waals surface area contributed by atoms with Crippen LogP contribution < -0.4 is 22.1 Å². The second kappa shape index (κ2) is 8.23. The van der Waals surface area contributed by atoms with Crippen molar-refractivity contribution in [3.63, 3.8) is 0 Å². The molecule has 4 rings (SSSR count). The number of hydrogen-bond donors (Lipinski definition) is 4. The van der Waals surface area contributed by atoms with E-state index in [1.807, 2.05) is 18.2 Å². The Hall–Kier alpha value is -3.27. The predicted octanol–water partition coefficient (Wildman–Crippen LogP) is 2.33. The molecule has 0 aliphatic heterocycles. The molecule has 1 aliphatic rings. The molecule has 0 saturated heterocycles. The van der Waals surface area contributed by atoms with Crippen LogP contribution in [0.2, 0.25) is 0 Å². The van der Waals surface area contributed by atoms with Gasteiger partial charge in [-0.2, -0.15) is 4.98 Å². The van der Waals surface area contributed by atoms with Crippen LogP contribution in [-0.2, 0) is 0 Å². The van der Waals surface area contributed by atoms with E-state index in [0.29, 0.717) is 11.6 Å². The molecule has 6 N–H and O–H groups in total. The zero-order chi connectivity index (χ0) is 21.3. The van der Waals surface area contributed by atoms with Crippen LogP contribution in [0.1, 0.15) is 56.1 Å². The number of carbonyl (C=O) groups excluding carboxylic acids is 1. The number of nitrogens with zero attached hydrogens (tertiary/aromatic N) is 5. The van der Waals surface area contributed by atoms with Gasteiger partial charge in [0, 0.05) is 18.1 Å². The van der Waals surface area contributed by atoms with Gasteiger partial charge in [-0.25, -0.2) is 4.98 Å². The highest BCUT2D eigenvalue weighted by molar-refractivity contribution is 5.98. The molecule has 1 amide bonds. The summed E-state index contributed by atoms with van der Waals surface area (Å²) in [6.07, 6.45) is 5.92. The van der Waals surface area contributed by atoms with Gasteiger partial charge in [-0.3, -0.25) is 4.79 Å². The van der Waals surface area contributed by atoms with Gasteiger partial charge >= 0.3 is 0 Å². The van der Waals surface area contributed by atoms with E-state index in [1.54, 1.807) is 6.33 Å². The van der Waals surface area contributed by atoms with Crippen molar-refractivity contribution in [2.75, 3.05) is 10.6 Å². The molecule has 0 bridgehead atoms. The first kappa shape index (κ1) is 20.0. The summed E-state index contributed by atoms with van der Waals surface area (Å²) in [6.45, 7) is 4.18. The number of imidazole rings is 1. The smallest absolute Gasteiger partial charge is 0.273 e. The summed E-state index contributed by atoms with van der Waals surface area (Å²) in [5.41, 5.74) is 14.1. The summed E-state index contributed by atoms with van der Waals surface area (Å²) in [4.78, 5) is 20.9. The van der Waals surface area contributed by atoms with Gasteiger partial charge in [-0.1, -0.05) is 18.9 Å². The molecular weight excluding hydrogens is 382 g/mol. The van der Waals surface area contributed by atoms with E-state index in [-0.39, 0.29) is 29.6 Å². The quantitative estimate of drug-likeness (QED) is 0.484. The fraction of sp³-hybridized carbons (Fsp3) is 0.450. The topological polar surface area (TPSA) is 150 Å². The Labute approximate surface area is 174 Å². The van der Waals surface area contributed by atoms with Crippen LogP contribution in [0.15, 0.2) is 24.5 Å². The maximum Gasteiger partial charge on any atom is 0.273 e. The van der Waals surface area contributed by atoms with Crippen molar-refractivity contribution in [2.45, 2.75) is 57.7 Å². The lowest BCUT2D eigenvalue weighted by atomic mass is 9.91. The van der Waals surface area contributed by atoms with E-state index in [0.717, 1.165) is 36.7 Å². The number of fused-ring (bicyclic) bond motifs is 1. The van der Waals surface area contributed by atoms with Crippen LogP contribution >= 0.6 is 0 Å². The zero-order valence-corrected chi connectivity index (χ0v) is 17.2. The molecule has 2 atom stereocenters. The first-order valence-corrected chi connectivity index (χ1v) is 10.2. The van der Waals surface area contributed by atoms with E-state index >= 15 is 0 Å². The van der Waals surface area contributed by atoms with Crippen molar-refractivity contribution < 1.29 is 4.79 Å². The maximum atomic E-state index is 11.9. The van der Waals surface area contributed by atoms with Crippen molar-refractivity contribution in [1.29, 1.82) is 0 Å². The molecular formula is C20H27N9O. The Morgan fingerprint density at radius 1 is 1.23 bits per heavy atom. The predicted molar refractivity (Wildman–Crippen MR) is 116 cm³/mol. The lowest BCUT2D eigenvalue weighted by Gasteiger charge is -2.29. The fourth-order valence-corrected chi connectivity index (χ4v) is 3.84. The van der Waals surface area contributed by atoms with Crippen LogP contribution in [0, 0.1) is 0 Å². The third-order valence-electron chi connectivity index (χ3n) is 5.47. The average molecular weight is 409 g/mol. The number of primary amides is 1. The second-order valence-corrected chi connectivity index (χ2v) is 7.94. The molecule has 10 heteroatoms. The normalized spacial score (nSPS) is 19.2. The Balaban J connectivity index is 1.67. The van der Waals surface area contributed by atoms with E-state index in [9.17, 15) is 4.79 Å². The molecule has 1 saturated carbocycles. The van der Waals surface area contributed by atoms with Crippen molar-refractivity contribution in [3.8, 4) is 0 Å². The molecule has 3 aromatic rings. The highest BCUT2D eigenvalue weighted by Gasteiger charge is 2.24. The minimum atomic E-state index is -0.710. The van der Waals surface area contributed by atoms with E-state index < -0.39 is 5.91 Å². The molecule has 158 valence electrons. The average Bonchev–Trinajstić information content (AvgIpc) is 3.15. The molecule has 10 nitrogen and oxygen atoms in total. The van der Waals surface area contributed by atoms with Gasteiger partial charge in [0.15, 0.2) is 11.5 Å². The van der Waals surface area contributed by atoms with Crippen LogP contribution in [0.5, 0.6) is 0 Å². The Bertz CT molecular complexity index is 1060. The number of amides is 1. The number of rotatable bonds is 6. The number of benzene rings is 1. The third-order valence-corrected chi connectivity index (χ3v) is 5.47. The zero-order valence-electron chi connectivity index (χ0n) is 17.2. The standard InChI is InChI=1S/C20H27N9O/c1-11(2)29-10-23-16-14(8-5-9-15(16)29)24-19-17(18(22)30)27-28-20(26-19)25-13-7-4-3-6-12(13)21/h5,8-13H,3-4,6-7,21H2,1-2H3,(H2,22,30)(H2,24,25,26,28)/t12-,13+/m0/s1. The lowest BCUT2D eigenvalue weighted by molar-refractivity contribution is 0.0995. The summed E-state index contributed by atoms with van der Waals surface area (Å²) in [5.74, 6) is -0.168. The molecule has 0 radical (unpaired) electrons. The third kappa shape index (κ3) is 3.90. The van der Waals surface area contributed by atoms with Crippen molar-refractivity contribution >= 4 is 34.4 Å². The van der Waals surface area contributed by atoms with Crippen LogP contribution in [0.3, 0.4) is 0 Å². The molecule has 2 heterocycles. The number of nitrogens with two attached hydrogens (primary N) is 2. The minimum absolute atomic E-state index is 0.0309. The van der Waals surface area contributed by atoms with Crippen molar-refractivity contribution in [2.24, 2.45) is 11.5 Å². The Morgan fingerprint density at radius 2 is 2.03 bits per heavy atom. The first-order chi connectivity index (χ1) is 14.4. The minimum Gasteiger partial charge on any atom is -0.364 e. The maximum absolute atomic E-state index is 11.9. The summed E-state index contributed by atoms with van der Waals surface area (Å²) in [7, 11) is 0. The Morgan fingerprint density at radius 3 is 2.77 bits per heavy atom.